The molecule has 1 atom stereocenters. The van der Waals surface area contributed by atoms with Crippen LogP contribution in [0.2, 0.25) is 5.02 Å². The molecule has 5 heteroatoms. The van der Waals surface area contributed by atoms with E-state index in [1.54, 1.807) is 6.07 Å². The van der Waals surface area contributed by atoms with Gasteiger partial charge in [0.2, 0.25) is 0 Å². The van der Waals surface area contributed by atoms with E-state index in [0.29, 0.717) is 18.2 Å². The van der Waals surface area contributed by atoms with Gasteiger partial charge >= 0.3 is 0 Å². The summed E-state index contributed by atoms with van der Waals surface area (Å²) < 4.78 is 10.8. The molecule has 16 heavy (non-hydrogen) atoms. The number of nitrogens with two attached hydrogens (primary N) is 1. The Balaban J connectivity index is 1.90. The third-order valence-electron chi connectivity index (χ3n) is 2.30. The van der Waals surface area contributed by atoms with E-state index in [-0.39, 0.29) is 12.1 Å². The Bertz CT molecular complexity index is 420. The summed E-state index contributed by atoms with van der Waals surface area (Å²) in [6, 6.07) is 5.74. The lowest BCUT2D eigenvalue weighted by Crippen LogP contribution is -2.24. The molecule has 0 bridgehead atoms. The van der Waals surface area contributed by atoms with Crippen molar-refractivity contribution < 1.29 is 9.47 Å². The fourth-order valence-corrected chi connectivity index (χ4v) is 1.71. The van der Waals surface area contributed by atoms with E-state index in [9.17, 15) is 0 Å². The van der Waals surface area contributed by atoms with Crippen LogP contribution in [0.5, 0.6) is 5.75 Å². The normalized spacial score (nSPS) is 19.1. The van der Waals surface area contributed by atoms with E-state index < -0.39 is 0 Å². The largest absolute Gasteiger partial charge is 0.489 e. The Morgan fingerprint density at radius 2 is 2.44 bits per heavy atom. The fraction of sp³-hybridized carbons (Fsp3) is 0.364. The van der Waals surface area contributed by atoms with E-state index >= 15 is 0 Å². The van der Waals surface area contributed by atoms with Crippen molar-refractivity contribution in [3.63, 3.8) is 0 Å². The van der Waals surface area contributed by atoms with E-state index in [2.05, 4.69) is 4.99 Å². The van der Waals surface area contributed by atoms with Gasteiger partial charge in [-0.05, 0) is 30.7 Å². The minimum Gasteiger partial charge on any atom is -0.489 e. The molecule has 0 saturated carbocycles. The summed E-state index contributed by atoms with van der Waals surface area (Å²) in [5.41, 5.74) is 6.40. The number of halogens is 1. The van der Waals surface area contributed by atoms with E-state index in [4.69, 9.17) is 26.8 Å². The Kier molecular flexibility index (Phi) is 3.19. The first-order valence-electron chi connectivity index (χ1n) is 5.00. The highest BCUT2D eigenvalue weighted by atomic mass is 35.5. The minimum atomic E-state index is -0.0879. The average molecular weight is 241 g/mol. The number of amidine groups is 1. The van der Waals surface area contributed by atoms with Crippen molar-refractivity contribution in [2.75, 3.05) is 13.2 Å². The Morgan fingerprint density at radius 3 is 3.06 bits per heavy atom. The summed E-state index contributed by atoms with van der Waals surface area (Å²) >= 11 is 5.85. The van der Waals surface area contributed by atoms with Gasteiger partial charge in [0.1, 0.15) is 12.4 Å². The van der Waals surface area contributed by atoms with Crippen molar-refractivity contribution in [1.29, 1.82) is 0 Å². The maximum atomic E-state index is 5.85. The summed E-state index contributed by atoms with van der Waals surface area (Å²) in [4.78, 5) is 3.94. The standard InChI is InChI=1S/C11H13ClN2O2/c1-7-4-8(12)2-3-10(7)15-6-9-5-14-11(13)16-9/h2-4,9H,5-6H2,1H3,(H2,13,14). The van der Waals surface area contributed by atoms with E-state index in [0.717, 1.165) is 11.3 Å². The van der Waals surface area contributed by atoms with Gasteiger partial charge in [0, 0.05) is 5.02 Å². The molecule has 1 aromatic carbocycles. The SMILES string of the molecule is Cc1cc(Cl)ccc1OCC1CN=C(N)O1. The van der Waals surface area contributed by atoms with Crippen LogP contribution in [0.1, 0.15) is 5.56 Å². The highest BCUT2D eigenvalue weighted by Gasteiger charge is 2.18. The zero-order chi connectivity index (χ0) is 11.5. The molecule has 2 rings (SSSR count). The van der Waals surface area contributed by atoms with Crippen LogP contribution in [-0.4, -0.2) is 25.3 Å². The van der Waals surface area contributed by atoms with Gasteiger partial charge in [-0.2, -0.15) is 0 Å². The Labute approximate surface area is 99.0 Å². The van der Waals surface area contributed by atoms with Crippen molar-refractivity contribution in [3.8, 4) is 5.75 Å². The summed E-state index contributed by atoms with van der Waals surface area (Å²) in [5.74, 6) is 0.804. The van der Waals surface area contributed by atoms with Crippen LogP contribution in [-0.2, 0) is 4.74 Å². The molecular weight excluding hydrogens is 228 g/mol. The molecule has 0 radical (unpaired) electrons. The second-order valence-corrected chi connectivity index (χ2v) is 4.08. The molecule has 0 aromatic heterocycles. The van der Waals surface area contributed by atoms with Gasteiger partial charge in [0.05, 0.1) is 6.54 Å². The highest BCUT2D eigenvalue weighted by molar-refractivity contribution is 6.30. The topological polar surface area (TPSA) is 56.8 Å². The molecule has 1 aliphatic rings. The maximum absolute atomic E-state index is 5.85. The number of ether oxygens (including phenoxy) is 2. The van der Waals surface area contributed by atoms with Crippen LogP contribution in [0.15, 0.2) is 23.2 Å². The zero-order valence-electron chi connectivity index (χ0n) is 8.94. The third-order valence-corrected chi connectivity index (χ3v) is 2.53. The highest BCUT2D eigenvalue weighted by Crippen LogP contribution is 2.22. The van der Waals surface area contributed by atoms with Crippen LogP contribution >= 0.6 is 11.6 Å². The van der Waals surface area contributed by atoms with Gasteiger partial charge in [-0.3, -0.25) is 0 Å². The summed E-state index contributed by atoms with van der Waals surface area (Å²) in [6.07, 6.45) is -0.0879. The Morgan fingerprint density at radius 1 is 1.62 bits per heavy atom. The molecule has 4 nitrogen and oxygen atoms in total. The van der Waals surface area contributed by atoms with Crippen molar-refractivity contribution in [3.05, 3.63) is 28.8 Å². The number of hydrogen-bond acceptors (Lipinski definition) is 4. The summed E-state index contributed by atoms with van der Waals surface area (Å²) in [7, 11) is 0. The second kappa shape index (κ2) is 4.61. The van der Waals surface area contributed by atoms with Gasteiger partial charge in [0.15, 0.2) is 6.10 Å². The molecule has 1 unspecified atom stereocenters. The monoisotopic (exact) mass is 240 g/mol. The predicted molar refractivity (Wildman–Crippen MR) is 63.0 cm³/mol. The van der Waals surface area contributed by atoms with Gasteiger partial charge in [-0.25, -0.2) is 4.99 Å². The van der Waals surface area contributed by atoms with Crippen molar-refractivity contribution in [2.45, 2.75) is 13.0 Å². The molecule has 0 amide bonds. The van der Waals surface area contributed by atoms with Gasteiger partial charge in [-0.15, -0.1) is 0 Å². The lowest BCUT2D eigenvalue weighted by Gasteiger charge is -2.13. The molecule has 0 aliphatic carbocycles. The Hall–Kier alpha value is -1.42. The van der Waals surface area contributed by atoms with Gasteiger partial charge < -0.3 is 15.2 Å². The number of aliphatic imine (C=N–C) groups is 1. The van der Waals surface area contributed by atoms with Crippen molar-refractivity contribution >= 4 is 17.6 Å². The van der Waals surface area contributed by atoms with Crippen LogP contribution in [0.25, 0.3) is 0 Å². The number of benzene rings is 1. The van der Waals surface area contributed by atoms with Crippen LogP contribution < -0.4 is 10.5 Å². The van der Waals surface area contributed by atoms with E-state index in [1.165, 1.54) is 0 Å². The smallest absolute Gasteiger partial charge is 0.282 e. The molecule has 2 N–H and O–H groups in total. The number of rotatable bonds is 3. The molecular formula is C11H13ClN2O2. The van der Waals surface area contributed by atoms with Crippen molar-refractivity contribution in [2.24, 2.45) is 10.7 Å². The minimum absolute atomic E-state index is 0.0879. The second-order valence-electron chi connectivity index (χ2n) is 3.64. The van der Waals surface area contributed by atoms with Crippen LogP contribution in [0, 0.1) is 6.92 Å². The van der Waals surface area contributed by atoms with Gasteiger partial charge in [-0.1, -0.05) is 11.6 Å². The fourth-order valence-electron chi connectivity index (χ4n) is 1.48. The predicted octanol–water partition coefficient (Wildman–Crippen LogP) is 1.74. The van der Waals surface area contributed by atoms with Crippen molar-refractivity contribution in [1.82, 2.24) is 0 Å². The molecule has 0 spiro atoms. The summed E-state index contributed by atoms with van der Waals surface area (Å²) in [5, 5.41) is 0.703. The molecule has 0 saturated heterocycles. The first kappa shape index (κ1) is 11.1. The number of nitrogens with zero attached hydrogens (tertiary/aromatic N) is 1. The first-order valence-corrected chi connectivity index (χ1v) is 5.38. The van der Waals surface area contributed by atoms with Crippen LogP contribution in [0.3, 0.4) is 0 Å². The van der Waals surface area contributed by atoms with E-state index in [1.807, 2.05) is 19.1 Å². The quantitative estimate of drug-likeness (QED) is 0.876. The first-order chi connectivity index (χ1) is 7.65. The van der Waals surface area contributed by atoms with Gasteiger partial charge in [0.25, 0.3) is 6.02 Å². The number of aryl methyl sites for hydroxylation is 1. The third kappa shape index (κ3) is 2.58. The maximum Gasteiger partial charge on any atom is 0.282 e. The van der Waals surface area contributed by atoms with Crippen LogP contribution in [0.4, 0.5) is 0 Å². The zero-order valence-corrected chi connectivity index (χ0v) is 9.70. The molecule has 1 aromatic rings. The molecule has 1 aliphatic heterocycles. The molecule has 0 fully saturated rings. The lowest BCUT2D eigenvalue weighted by atomic mass is 10.2. The lowest BCUT2D eigenvalue weighted by molar-refractivity contribution is 0.141. The average Bonchev–Trinajstić information content (AvgIpc) is 2.63. The molecule has 86 valence electrons. The summed E-state index contributed by atoms with van der Waals surface area (Å²) in [6.45, 7) is 2.94. The molecule has 1 heterocycles. The number of hydrogen-bond donors (Lipinski definition) is 1.